The summed E-state index contributed by atoms with van der Waals surface area (Å²) in [6.45, 7) is -0.193. The van der Waals surface area contributed by atoms with Crippen molar-refractivity contribution in [1.29, 1.82) is 0 Å². The third kappa shape index (κ3) is 4.11. The Morgan fingerprint density at radius 2 is 1.78 bits per heavy atom. The number of halogens is 3. The molecule has 27 heavy (non-hydrogen) atoms. The number of hydrogen-bond acceptors (Lipinski definition) is 4. The van der Waals surface area contributed by atoms with Crippen molar-refractivity contribution in [2.24, 2.45) is 7.05 Å². The molecule has 3 rings (SSSR count). The van der Waals surface area contributed by atoms with Crippen LogP contribution in [0.15, 0.2) is 42.7 Å². The summed E-state index contributed by atoms with van der Waals surface area (Å²) in [5.74, 6) is -2.58. The van der Waals surface area contributed by atoms with Gasteiger partial charge in [-0.2, -0.15) is 0 Å². The van der Waals surface area contributed by atoms with Gasteiger partial charge in [-0.3, -0.25) is 0 Å². The van der Waals surface area contributed by atoms with E-state index in [9.17, 15) is 18.0 Å². The molecule has 0 radical (unpaired) electrons. The van der Waals surface area contributed by atoms with Gasteiger partial charge in [-0.05, 0) is 23.8 Å². The fraction of sp³-hybridized carbons (Fsp3) is 0.158. The number of methoxy groups -OCH3 is 1. The van der Waals surface area contributed by atoms with Crippen LogP contribution in [-0.2, 0) is 18.4 Å². The summed E-state index contributed by atoms with van der Waals surface area (Å²) >= 11 is 0. The average molecular weight is 376 g/mol. The minimum Gasteiger partial charge on any atom is -0.486 e. The van der Waals surface area contributed by atoms with E-state index in [2.05, 4.69) is 9.72 Å². The van der Waals surface area contributed by atoms with Gasteiger partial charge in [0.25, 0.3) is 0 Å². The van der Waals surface area contributed by atoms with Gasteiger partial charge in [0.2, 0.25) is 0 Å². The maximum absolute atomic E-state index is 13.7. The standard InChI is InChI=1S/C19H15F3N2O3/c1-24-9-12(19(25)26-2)5-16(24)18-17(7-15(22)8-23-18)27-10-11-3-13(20)6-14(21)4-11/h3-9H,10H2,1-2H3. The Labute approximate surface area is 153 Å². The molecule has 0 fully saturated rings. The number of ether oxygens (including phenoxy) is 2. The quantitative estimate of drug-likeness (QED) is 0.635. The second-order valence-electron chi connectivity index (χ2n) is 5.78. The van der Waals surface area contributed by atoms with Gasteiger partial charge in [0.15, 0.2) is 5.75 Å². The smallest absolute Gasteiger partial charge is 0.339 e. The normalized spacial score (nSPS) is 10.7. The van der Waals surface area contributed by atoms with Gasteiger partial charge >= 0.3 is 5.97 Å². The van der Waals surface area contributed by atoms with Crippen molar-refractivity contribution in [3.63, 3.8) is 0 Å². The van der Waals surface area contributed by atoms with Crippen molar-refractivity contribution >= 4 is 5.97 Å². The van der Waals surface area contributed by atoms with E-state index in [0.29, 0.717) is 11.3 Å². The number of carbonyl (C=O) groups excluding carboxylic acids is 1. The Balaban J connectivity index is 1.94. The lowest BCUT2D eigenvalue weighted by molar-refractivity contribution is 0.0600. The molecule has 0 saturated heterocycles. The molecule has 2 aromatic heterocycles. The van der Waals surface area contributed by atoms with Crippen LogP contribution < -0.4 is 4.74 Å². The summed E-state index contributed by atoms with van der Waals surface area (Å²) in [5.41, 5.74) is 1.28. The van der Waals surface area contributed by atoms with Crippen LogP contribution in [0, 0.1) is 17.5 Å². The maximum atomic E-state index is 13.7. The molecule has 0 atom stereocenters. The van der Waals surface area contributed by atoms with Gasteiger partial charge in [0, 0.05) is 25.4 Å². The molecule has 0 aliphatic carbocycles. The van der Waals surface area contributed by atoms with E-state index in [0.717, 1.165) is 30.5 Å². The SMILES string of the molecule is COC(=O)c1cc(-c2ncc(F)cc2OCc2cc(F)cc(F)c2)n(C)c1. The Bertz CT molecular complexity index is 982. The van der Waals surface area contributed by atoms with Crippen LogP contribution in [0.2, 0.25) is 0 Å². The van der Waals surface area contributed by atoms with Gasteiger partial charge in [-0.1, -0.05) is 0 Å². The number of hydrogen-bond donors (Lipinski definition) is 0. The van der Waals surface area contributed by atoms with Gasteiger partial charge in [0.05, 0.1) is 24.6 Å². The fourth-order valence-electron chi connectivity index (χ4n) is 2.61. The number of aryl methyl sites for hydroxylation is 1. The summed E-state index contributed by atoms with van der Waals surface area (Å²) in [6, 6.07) is 5.63. The lowest BCUT2D eigenvalue weighted by Crippen LogP contribution is -2.02. The molecule has 0 unspecified atom stereocenters. The van der Waals surface area contributed by atoms with E-state index in [4.69, 9.17) is 4.74 Å². The average Bonchev–Trinajstić information content (AvgIpc) is 3.00. The van der Waals surface area contributed by atoms with E-state index in [1.807, 2.05) is 0 Å². The monoisotopic (exact) mass is 376 g/mol. The molecule has 0 N–H and O–H groups in total. The summed E-state index contributed by atoms with van der Waals surface area (Å²) < 4.78 is 52.1. The zero-order valence-corrected chi connectivity index (χ0v) is 14.5. The molecular formula is C19H15F3N2O3. The highest BCUT2D eigenvalue weighted by Gasteiger charge is 2.17. The van der Waals surface area contributed by atoms with E-state index in [1.54, 1.807) is 11.6 Å². The summed E-state index contributed by atoms with van der Waals surface area (Å²) in [4.78, 5) is 15.7. The second-order valence-corrected chi connectivity index (χ2v) is 5.78. The maximum Gasteiger partial charge on any atom is 0.339 e. The minimum atomic E-state index is -0.739. The van der Waals surface area contributed by atoms with Gasteiger partial charge in [-0.25, -0.2) is 22.9 Å². The first-order chi connectivity index (χ1) is 12.9. The van der Waals surface area contributed by atoms with Crippen LogP contribution in [0.4, 0.5) is 13.2 Å². The Morgan fingerprint density at radius 1 is 1.07 bits per heavy atom. The Kier molecular flexibility index (Phi) is 5.16. The van der Waals surface area contributed by atoms with Gasteiger partial charge < -0.3 is 14.0 Å². The van der Waals surface area contributed by atoms with E-state index in [-0.39, 0.29) is 23.6 Å². The molecule has 0 amide bonds. The first-order valence-corrected chi connectivity index (χ1v) is 7.85. The van der Waals surface area contributed by atoms with Crippen molar-refractivity contribution in [1.82, 2.24) is 9.55 Å². The van der Waals surface area contributed by atoms with Crippen molar-refractivity contribution in [3.05, 3.63) is 71.3 Å². The lowest BCUT2D eigenvalue weighted by Gasteiger charge is -2.12. The largest absolute Gasteiger partial charge is 0.486 e. The number of esters is 1. The summed E-state index contributed by atoms with van der Waals surface area (Å²) in [7, 11) is 2.94. The molecule has 0 aliphatic heterocycles. The van der Waals surface area contributed by atoms with Crippen LogP contribution in [0.5, 0.6) is 5.75 Å². The topological polar surface area (TPSA) is 53.4 Å². The minimum absolute atomic E-state index is 0.0669. The highest BCUT2D eigenvalue weighted by molar-refractivity contribution is 5.91. The van der Waals surface area contributed by atoms with Crippen molar-refractivity contribution < 1.29 is 27.4 Å². The number of nitrogens with zero attached hydrogens (tertiary/aromatic N) is 2. The first-order valence-electron chi connectivity index (χ1n) is 7.85. The number of pyridine rings is 1. The summed E-state index contributed by atoms with van der Waals surface area (Å²) in [6.07, 6.45) is 2.55. The number of rotatable bonds is 5. The van der Waals surface area contributed by atoms with Crippen LogP contribution >= 0.6 is 0 Å². The highest BCUT2D eigenvalue weighted by atomic mass is 19.1. The Hall–Kier alpha value is -3.29. The molecule has 0 bridgehead atoms. The third-order valence-electron chi connectivity index (χ3n) is 3.80. The van der Waals surface area contributed by atoms with Crippen LogP contribution in [0.1, 0.15) is 15.9 Å². The highest BCUT2D eigenvalue weighted by Crippen LogP contribution is 2.30. The van der Waals surface area contributed by atoms with Gasteiger partial charge in [-0.15, -0.1) is 0 Å². The molecule has 5 nitrogen and oxygen atoms in total. The fourth-order valence-corrected chi connectivity index (χ4v) is 2.61. The molecule has 1 aromatic carbocycles. The van der Waals surface area contributed by atoms with Crippen LogP contribution in [0.25, 0.3) is 11.4 Å². The molecule has 2 heterocycles. The number of benzene rings is 1. The third-order valence-corrected chi connectivity index (χ3v) is 3.80. The Morgan fingerprint density at radius 3 is 2.44 bits per heavy atom. The van der Waals surface area contributed by atoms with Gasteiger partial charge in [0.1, 0.15) is 29.8 Å². The molecule has 3 aromatic rings. The van der Waals surface area contributed by atoms with Crippen molar-refractivity contribution in [2.75, 3.05) is 7.11 Å². The summed E-state index contributed by atoms with van der Waals surface area (Å²) in [5, 5.41) is 0. The van der Waals surface area contributed by atoms with Crippen molar-refractivity contribution in [3.8, 4) is 17.1 Å². The van der Waals surface area contributed by atoms with E-state index < -0.39 is 23.4 Å². The molecule has 140 valence electrons. The van der Waals surface area contributed by atoms with Crippen LogP contribution in [0.3, 0.4) is 0 Å². The zero-order chi connectivity index (χ0) is 19.6. The number of aromatic nitrogens is 2. The second kappa shape index (κ2) is 7.53. The molecule has 0 spiro atoms. The first kappa shape index (κ1) is 18.5. The molecule has 0 saturated carbocycles. The lowest BCUT2D eigenvalue weighted by atomic mass is 10.2. The zero-order valence-electron chi connectivity index (χ0n) is 14.5. The molecule has 8 heteroatoms. The van der Waals surface area contributed by atoms with Crippen LogP contribution in [-0.4, -0.2) is 22.6 Å². The predicted molar refractivity (Wildman–Crippen MR) is 90.6 cm³/mol. The van der Waals surface area contributed by atoms with Crippen molar-refractivity contribution in [2.45, 2.75) is 6.61 Å². The molecule has 0 aliphatic rings. The van der Waals surface area contributed by atoms with E-state index >= 15 is 0 Å². The predicted octanol–water partition coefficient (Wildman–Crippen LogP) is 3.87. The number of carbonyl (C=O) groups is 1. The molecular weight excluding hydrogens is 361 g/mol. The van der Waals surface area contributed by atoms with E-state index in [1.165, 1.54) is 19.4 Å².